The topological polar surface area (TPSA) is 29.3 Å². The molecule has 3 heteroatoms. The molecule has 0 radical (unpaired) electrons. The van der Waals surface area contributed by atoms with Gasteiger partial charge in [-0.05, 0) is 38.1 Å². The Morgan fingerprint density at radius 1 is 1.24 bits per heavy atom. The standard InChI is InChI=1S/C14H24N2S/c1-11(2)17-13-8-6-12(7-9-13)16(5)10-14(3,4)15/h6-9,11H,10,15H2,1-5H3. The fraction of sp³-hybridized carbons (Fsp3) is 0.571. The van der Waals surface area contributed by atoms with E-state index in [1.807, 2.05) is 25.6 Å². The monoisotopic (exact) mass is 252 g/mol. The number of thioether (sulfide) groups is 1. The zero-order chi connectivity index (χ0) is 13.1. The Labute approximate surface area is 110 Å². The normalized spacial score (nSPS) is 11.9. The molecule has 0 aliphatic carbocycles. The van der Waals surface area contributed by atoms with E-state index in [4.69, 9.17) is 5.73 Å². The second-order valence-electron chi connectivity index (χ2n) is 5.51. The number of rotatable bonds is 5. The van der Waals surface area contributed by atoms with E-state index >= 15 is 0 Å². The predicted octanol–water partition coefficient (Wildman–Crippen LogP) is 3.36. The van der Waals surface area contributed by atoms with Crippen molar-refractivity contribution in [2.45, 2.75) is 43.4 Å². The van der Waals surface area contributed by atoms with Crippen molar-refractivity contribution in [1.82, 2.24) is 0 Å². The van der Waals surface area contributed by atoms with Gasteiger partial charge in [0.25, 0.3) is 0 Å². The van der Waals surface area contributed by atoms with Crippen LogP contribution in [0.5, 0.6) is 0 Å². The minimum absolute atomic E-state index is 0.167. The van der Waals surface area contributed by atoms with Crippen LogP contribution in [0.25, 0.3) is 0 Å². The van der Waals surface area contributed by atoms with Gasteiger partial charge in [0.15, 0.2) is 0 Å². The maximum atomic E-state index is 6.02. The van der Waals surface area contributed by atoms with Crippen LogP contribution in [0.3, 0.4) is 0 Å². The van der Waals surface area contributed by atoms with Crippen LogP contribution in [0.1, 0.15) is 27.7 Å². The molecule has 0 aliphatic heterocycles. The molecule has 0 bridgehead atoms. The van der Waals surface area contributed by atoms with Gasteiger partial charge in [0, 0.05) is 35.0 Å². The summed E-state index contributed by atoms with van der Waals surface area (Å²) in [6.07, 6.45) is 0. The fourth-order valence-electron chi connectivity index (χ4n) is 1.75. The molecule has 17 heavy (non-hydrogen) atoms. The molecule has 1 aromatic carbocycles. The second kappa shape index (κ2) is 5.78. The number of anilines is 1. The maximum absolute atomic E-state index is 6.02. The van der Waals surface area contributed by atoms with Crippen LogP contribution < -0.4 is 10.6 Å². The quantitative estimate of drug-likeness (QED) is 0.815. The molecule has 0 saturated heterocycles. The third-order valence-corrected chi connectivity index (χ3v) is 3.31. The second-order valence-corrected chi connectivity index (χ2v) is 7.16. The van der Waals surface area contributed by atoms with Gasteiger partial charge in [-0.15, -0.1) is 11.8 Å². The van der Waals surface area contributed by atoms with Crippen LogP contribution in [-0.2, 0) is 0 Å². The molecule has 0 aromatic heterocycles. The minimum atomic E-state index is -0.167. The molecular formula is C14H24N2S. The average Bonchev–Trinajstić information content (AvgIpc) is 2.15. The third kappa shape index (κ3) is 5.46. The summed E-state index contributed by atoms with van der Waals surface area (Å²) in [5.41, 5.74) is 7.08. The fourth-order valence-corrected chi connectivity index (χ4v) is 2.59. The van der Waals surface area contributed by atoms with Crippen LogP contribution in [-0.4, -0.2) is 24.4 Å². The van der Waals surface area contributed by atoms with Gasteiger partial charge in [0.2, 0.25) is 0 Å². The van der Waals surface area contributed by atoms with Gasteiger partial charge < -0.3 is 10.6 Å². The van der Waals surface area contributed by atoms with Gasteiger partial charge in [-0.1, -0.05) is 13.8 Å². The summed E-state index contributed by atoms with van der Waals surface area (Å²) in [5.74, 6) is 0. The first-order valence-electron chi connectivity index (χ1n) is 6.05. The highest BCUT2D eigenvalue weighted by molar-refractivity contribution is 7.99. The van der Waals surface area contributed by atoms with Crippen molar-refractivity contribution in [2.24, 2.45) is 5.73 Å². The molecule has 0 unspecified atom stereocenters. The number of benzene rings is 1. The Hall–Kier alpha value is -0.670. The first-order valence-corrected chi connectivity index (χ1v) is 6.92. The van der Waals surface area contributed by atoms with Gasteiger partial charge in [0.1, 0.15) is 0 Å². The van der Waals surface area contributed by atoms with E-state index in [-0.39, 0.29) is 5.54 Å². The molecule has 0 spiro atoms. The molecule has 0 aliphatic rings. The summed E-state index contributed by atoms with van der Waals surface area (Å²) in [4.78, 5) is 3.52. The summed E-state index contributed by atoms with van der Waals surface area (Å²) in [7, 11) is 2.08. The van der Waals surface area contributed by atoms with Crippen molar-refractivity contribution < 1.29 is 0 Å². The number of hydrogen-bond acceptors (Lipinski definition) is 3. The number of nitrogens with zero attached hydrogens (tertiary/aromatic N) is 1. The van der Waals surface area contributed by atoms with Crippen molar-refractivity contribution in [3.05, 3.63) is 24.3 Å². The van der Waals surface area contributed by atoms with Crippen molar-refractivity contribution in [1.29, 1.82) is 0 Å². The van der Waals surface area contributed by atoms with E-state index in [1.54, 1.807) is 0 Å². The van der Waals surface area contributed by atoms with E-state index in [9.17, 15) is 0 Å². The van der Waals surface area contributed by atoms with Gasteiger partial charge in [-0.2, -0.15) is 0 Å². The SMILES string of the molecule is CC(C)Sc1ccc(N(C)CC(C)(C)N)cc1. The summed E-state index contributed by atoms with van der Waals surface area (Å²) >= 11 is 1.89. The Bertz CT molecular complexity index is 338. The van der Waals surface area contributed by atoms with Gasteiger partial charge >= 0.3 is 0 Å². The number of nitrogens with two attached hydrogens (primary N) is 1. The lowest BCUT2D eigenvalue weighted by atomic mass is 10.1. The summed E-state index contributed by atoms with van der Waals surface area (Å²) in [6, 6.07) is 8.69. The molecule has 2 nitrogen and oxygen atoms in total. The molecule has 0 fully saturated rings. The zero-order valence-corrected chi connectivity index (χ0v) is 12.3. The Balaban J connectivity index is 2.67. The molecule has 0 saturated carbocycles. The maximum Gasteiger partial charge on any atom is 0.0365 e. The molecule has 0 amide bonds. The van der Waals surface area contributed by atoms with Crippen molar-refractivity contribution in [2.75, 3.05) is 18.5 Å². The smallest absolute Gasteiger partial charge is 0.0365 e. The molecule has 2 N–H and O–H groups in total. The molecule has 1 aromatic rings. The van der Waals surface area contributed by atoms with Crippen LogP contribution in [0.4, 0.5) is 5.69 Å². The largest absolute Gasteiger partial charge is 0.373 e. The third-order valence-electron chi connectivity index (χ3n) is 2.29. The summed E-state index contributed by atoms with van der Waals surface area (Å²) in [5, 5.41) is 0.626. The highest BCUT2D eigenvalue weighted by atomic mass is 32.2. The molecule has 96 valence electrons. The lowest BCUT2D eigenvalue weighted by Crippen LogP contribution is -2.44. The molecular weight excluding hydrogens is 228 g/mol. The van der Waals surface area contributed by atoms with Crippen LogP contribution >= 0.6 is 11.8 Å². The molecule has 0 heterocycles. The first kappa shape index (κ1) is 14.4. The van der Waals surface area contributed by atoms with Crippen molar-refractivity contribution in [3.8, 4) is 0 Å². The van der Waals surface area contributed by atoms with E-state index in [0.29, 0.717) is 5.25 Å². The average molecular weight is 252 g/mol. The number of hydrogen-bond donors (Lipinski definition) is 1. The zero-order valence-electron chi connectivity index (χ0n) is 11.5. The Kier molecular flexibility index (Phi) is 4.90. The lowest BCUT2D eigenvalue weighted by molar-refractivity contribution is 0.519. The van der Waals surface area contributed by atoms with Gasteiger partial charge in [0.05, 0.1) is 0 Å². The minimum Gasteiger partial charge on any atom is -0.373 e. The Morgan fingerprint density at radius 2 is 1.76 bits per heavy atom. The van der Waals surface area contributed by atoms with Gasteiger partial charge in [-0.3, -0.25) is 0 Å². The van der Waals surface area contributed by atoms with E-state index < -0.39 is 0 Å². The summed E-state index contributed by atoms with van der Waals surface area (Å²) < 4.78 is 0. The number of likely N-dealkylation sites (N-methyl/N-ethyl adjacent to an activating group) is 1. The first-order chi connectivity index (χ1) is 7.78. The van der Waals surface area contributed by atoms with Crippen molar-refractivity contribution in [3.63, 3.8) is 0 Å². The van der Waals surface area contributed by atoms with E-state index in [0.717, 1.165) is 6.54 Å². The molecule has 0 atom stereocenters. The van der Waals surface area contributed by atoms with Crippen LogP contribution in [0.15, 0.2) is 29.2 Å². The van der Waals surface area contributed by atoms with E-state index in [2.05, 4.69) is 50.1 Å². The van der Waals surface area contributed by atoms with Gasteiger partial charge in [-0.25, -0.2) is 0 Å². The van der Waals surface area contributed by atoms with Crippen molar-refractivity contribution >= 4 is 17.4 Å². The van der Waals surface area contributed by atoms with E-state index in [1.165, 1.54) is 10.6 Å². The predicted molar refractivity (Wildman–Crippen MR) is 79.0 cm³/mol. The van der Waals surface area contributed by atoms with Crippen LogP contribution in [0.2, 0.25) is 0 Å². The summed E-state index contributed by atoms with van der Waals surface area (Å²) in [6.45, 7) is 9.37. The molecule has 1 rings (SSSR count). The highest BCUT2D eigenvalue weighted by Gasteiger charge is 2.14. The highest BCUT2D eigenvalue weighted by Crippen LogP contribution is 2.25. The Morgan fingerprint density at radius 3 is 2.18 bits per heavy atom. The lowest BCUT2D eigenvalue weighted by Gasteiger charge is -2.28. The van der Waals surface area contributed by atoms with Crippen LogP contribution in [0, 0.1) is 0 Å².